The predicted molar refractivity (Wildman–Crippen MR) is 86.4 cm³/mol. The molecule has 0 aliphatic heterocycles. The molecule has 3 N–H and O–H groups in total. The Morgan fingerprint density at radius 2 is 2.21 bits per heavy atom. The zero-order chi connectivity index (χ0) is 17.4. The highest BCUT2D eigenvalue weighted by Gasteiger charge is 2.22. The summed E-state index contributed by atoms with van der Waals surface area (Å²) in [5.41, 5.74) is 1.07. The number of allylic oxidation sites excluding steroid dienone is 5. The first-order valence-electron chi connectivity index (χ1n) is 7.64. The van der Waals surface area contributed by atoms with Crippen LogP contribution in [0.3, 0.4) is 0 Å². The second-order valence-electron chi connectivity index (χ2n) is 5.37. The fourth-order valence-corrected chi connectivity index (χ4v) is 2.36. The summed E-state index contributed by atoms with van der Waals surface area (Å²) >= 11 is 0. The largest absolute Gasteiger partial charge is 0.484 e. The molecule has 1 amide bonds. The molecule has 0 radical (unpaired) electrons. The quantitative estimate of drug-likeness (QED) is 0.646. The van der Waals surface area contributed by atoms with Crippen LogP contribution in [0.15, 0.2) is 47.4 Å². The fraction of sp³-hybridized carbons (Fsp3) is 0.353. The Kier molecular flexibility index (Phi) is 6.20. The Morgan fingerprint density at radius 3 is 2.88 bits per heavy atom. The Bertz CT molecular complexity index is 668. The molecule has 0 saturated heterocycles. The Morgan fingerprint density at radius 1 is 1.38 bits per heavy atom. The maximum absolute atomic E-state index is 12.1. The van der Waals surface area contributed by atoms with Crippen molar-refractivity contribution in [3.8, 4) is 6.07 Å². The van der Waals surface area contributed by atoms with Gasteiger partial charge in [0.25, 0.3) is 5.91 Å². The fourth-order valence-electron chi connectivity index (χ4n) is 2.36. The van der Waals surface area contributed by atoms with Crippen LogP contribution in [0.1, 0.15) is 19.3 Å². The summed E-state index contributed by atoms with van der Waals surface area (Å²) < 4.78 is 5.42. The van der Waals surface area contributed by atoms with E-state index in [2.05, 4.69) is 10.6 Å². The first-order valence-corrected chi connectivity index (χ1v) is 7.64. The van der Waals surface area contributed by atoms with Crippen LogP contribution in [-0.2, 0) is 14.3 Å². The highest BCUT2D eigenvalue weighted by molar-refractivity contribution is 5.78. The number of nitrogens with zero attached hydrogens (tertiary/aromatic N) is 1. The molecule has 2 aliphatic carbocycles. The van der Waals surface area contributed by atoms with Crippen molar-refractivity contribution < 1.29 is 19.4 Å². The Labute approximate surface area is 140 Å². The molecule has 2 rings (SSSR count). The van der Waals surface area contributed by atoms with Gasteiger partial charge in [-0.15, -0.1) is 0 Å². The van der Waals surface area contributed by atoms with E-state index in [0.29, 0.717) is 23.5 Å². The van der Waals surface area contributed by atoms with E-state index in [1.54, 1.807) is 12.2 Å². The maximum Gasteiger partial charge on any atom is 0.322 e. The van der Waals surface area contributed by atoms with Crippen LogP contribution in [-0.4, -0.2) is 36.2 Å². The maximum atomic E-state index is 12.1. The van der Waals surface area contributed by atoms with Crippen LogP contribution < -0.4 is 10.6 Å². The molecular weight excluding hydrogens is 310 g/mol. The minimum absolute atomic E-state index is 0.134. The average molecular weight is 329 g/mol. The zero-order valence-corrected chi connectivity index (χ0v) is 13.1. The lowest BCUT2D eigenvalue weighted by Gasteiger charge is -2.25. The second kappa shape index (κ2) is 8.58. The number of nitrogens with one attached hydrogen (secondary N) is 2. The van der Waals surface area contributed by atoms with Crippen molar-refractivity contribution in [3.63, 3.8) is 0 Å². The summed E-state index contributed by atoms with van der Waals surface area (Å²) in [6, 6.07) is 1.57. The number of hydrogen-bond acceptors (Lipinski definition) is 5. The molecule has 0 bridgehead atoms. The molecule has 2 aliphatic rings. The van der Waals surface area contributed by atoms with E-state index in [4.69, 9.17) is 15.1 Å². The van der Waals surface area contributed by atoms with Crippen molar-refractivity contribution in [2.24, 2.45) is 0 Å². The van der Waals surface area contributed by atoms with Crippen molar-refractivity contribution >= 4 is 11.9 Å². The summed E-state index contributed by atoms with van der Waals surface area (Å²) in [6.45, 7) is -0.396. The van der Waals surface area contributed by atoms with Crippen molar-refractivity contribution in [3.05, 3.63) is 47.4 Å². The van der Waals surface area contributed by atoms with Gasteiger partial charge < -0.3 is 20.5 Å². The molecule has 0 aromatic rings. The van der Waals surface area contributed by atoms with Crippen LogP contribution in [0.4, 0.5) is 0 Å². The first-order chi connectivity index (χ1) is 11.6. The van der Waals surface area contributed by atoms with E-state index in [9.17, 15) is 9.59 Å². The van der Waals surface area contributed by atoms with Gasteiger partial charge >= 0.3 is 5.97 Å². The molecule has 0 spiro atoms. The third-order valence-corrected chi connectivity index (χ3v) is 3.52. The van der Waals surface area contributed by atoms with Crippen molar-refractivity contribution in [1.82, 2.24) is 10.6 Å². The molecule has 0 saturated carbocycles. The lowest BCUT2D eigenvalue weighted by molar-refractivity contribution is -0.135. The SMILES string of the molecule is N#CC1=CC=C(NCC(=O)O)C(NC(=O)COC2=CCCC=C2)C1. The second-order valence-corrected chi connectivity index (χ2v) is 5.37. The average Bonchev–Trinajstić information content (AvgIpc) is 2.59. The van der Waals surface area contributed by atoms with Crippen LogP contribution in [0, 0.1) is 11.3 Å². The van der Waals surface area contributed by atoms with E-state index >= 15 is 0 Å². The normalized spacial score (nSPS) is 19.3. The minimum Gasteiger partial charge on any atom is -0.484 e. The molecule has 7 heteroatoms. The first kappa shape index (κ1) is 17.3. The van der Waals surface area contributed by atoms with Crippen molar-refractivity contribution in [1.29, 1.82) is 5.26 Å². The predicted octanol–water partition coefficient (Wildman–Crippen LogP) is 1.13. The Hall–Kier alpha value is -3.01. The Balaban J connectivity index is 1.91. The van der Waals surface area contributed by atoms with Crippen LogP contribution in [0.5, 0.6) is 0 Å². The number of amides is 1. The molecule has 7 nitrogen and oxygen atoms in total. The summed E-state index contributed by atoms with van der Waals surface area (Å²) in [5, 5.41) is 23.3. The zero-order valence-electron chi connectivity index (χ0n) is 13.1. The van der Waals surface area contributed by atoms with Crippen molar-refractivity contribution in [2.75, 3.05) is 13.2 Å². The number of carboxylic acids is 1. The van der Waals surface area contributed by atoms with E-state index in [1.807, 2.05) is 24.3 Å². The molecule has 0 aromatic heterocycles. The minimum atomic E-state index is -1.00. The molecule has 1 atom stereocenters. The van der Waals surface area contributed by atoms with Crippen LogP contribution in [0.25, 0.3) is 0 Å². The molecule has 24 heavy (non-hydrogen) atoms. The highest BCUT2D eigenvalue weighted by Crippen LogP contribution is 2.17. The van der Waals surface area contributed by atoms with Gasteiger partial charge in [0.1, 0.15) is 12.3 Å². The molecular formula is C17H19N3O4. The van der Waals surface area contributed by atoms with Gasteiger partial charge in [0.2, 0.25) is 0 Å². The van der Waals surface area contributed by atoms with Gasteiger partial charge in [0, 0.05) is 17.7 Å². The number of carboxylic acid groups (broad SMARTS) is 1. The molecule has 126 valence electrons. The van der Waals surface area contributed by atoms with Gasteiger partial charge in [0.05, 0.1) is 12.1 Å². The molecule has 0 fully saturated rings. The molecule has 0 aromatic carbocycles. The third kappa shape index (κ3) is 5.32. The van der Waals surface area contributed by atoms with Gasteiger partial charge in [-0.3, -0.25) is 9.59 Å². The number of nitriles is 1. The topological polar surface area (TPSA) is 111 Å². The number of aliphatic carboxylic acids is 1. The summed E-state index contributed by atoms with van der Waals surface area (Å²) in [6.07, 6.45) is 11.1. The molecule has 0 heterocycles. The summed E-state index contributed by atoms with van der Waals surface area (Å²) in [7, 11) is 0. The number of hydrogen-bond donors (Lipinski definition) is 3. The smallest absolute Gasteiger partial charge is 0.322 e. The number of carbonyl (C=O) groups excluding carboxylic acids is 1. The number of ether oxygens (including phenoxy) is 1. The standard InChI is InChI=1S/C17H19N3O4/c18-9-12-6-7-14(19-10-17(22)23)15(8-12)20-16(21)11-24-13-4-2-1-3-5-13/h2,4-7,15,19H,1,3,8,10-11H2,(H,20,21)(H,22,23). The number of carbonyl (C=O) groups is 2. The van der Waals surface area contributed by atoms with E-state index in [1.165, 1.54) is 0 Å². The van der Waals surface area contributed by atoms with Gasteiger partial charge in [0.15, 0.2) is 6.61 Å². The van der Waals surface area contributed by atoms with E-state index < -0.39 is 12.0 Å². The summed E-state index contributed by atoms with van der Waals surface area (Å²) in [4.78, 5) is 22.8. The lowest BCUT2D eigenvalue weighted by atomic mass is 9.98. The summed E-state index contributed by atoms with van der Waals surface area (Å²) in [5.74, 6) is -0.671. The van der Waals surface area contributed by atoms with Gasteiger partial charge in [-0.05, 0) is 37.1 Å². The van der Waals surface area contributed by atoms with Gasteiger partial charge in [-0.2, -0.15) is 5.26 Å². The monoisotopic (exact) mass is 329 g/mol. The van der Waals surface area contributed by atoms with E-state index in [-0.39, 0.29) is 19.1 Å². The van der Waals surface area contributed by atoms with E-state index in [0.717, 1.165) is 12.8 Å². The van der Waals surface area contributed by atoms with Crippen LogP contribution >= 0.6 is 0 Å². The van der Waals surface area contributed by atoms with Crippen molar-refractivity contribution in [2.45, 2.75) is 25.3 Å². The third-order valence-electron chi connectivity index (χ3n) is 3.52. The van der Waals surface area contributed by atoms with Gasteiger partial charge in [-0.1, -0.05) is 6.08 Å². The molecule has 1 unspecified atom stereocenters. The lowest BCUT2D eigenvalue weighted by Crippen LogP contribution is -2.43. The van der Waals surface area contributed by atoms with Crippen LogP contribution in [0.2, 0.25) is 0 Å². The highest BCUT2D eigenvalue weighted by atomic mass is 16.5. The van der Waals surface area contributed by atoms with Gasteiger partial charge in [-0.25, -0.2) is 0 Å². The number of rotatable bonds is 7.